The number of halogens is 2. The maximum absolute atomic E-state index is 13.2. The highest BCUT2D eigenvalue weighted by atomic mass is 35.5. The first-order valence-corrected chi connectivity index (χ1v) is 7.56. The van der Waals surface area contributed by atoms with Gasteiger partial charge in [0.15, 0.2) is 5.82 Å². The highest BCUT2D eigenvalue weighted by molar-refractivity contribution is 6.33. The molecule has 1 fully saturated rings. The van der Waals surface area contributed by atoms with E-state index >= 15 is 0 Å². The molecule has 0 saturated carbocycles. The molecule has 2 N–H and O–H groups in total. The van der Waals surface area contributed by atoms with Crippen molar-refractivity contribution in [1.82, 2.24) is 30.4 Å². The lowest BCUT2D eigenvalue weighted by Crippen LogP contribution is -2.27. The van der Waals surface area contributed by atoms with E-state index in [1.807, 2.05) is 0 Å². The zero-order chi connectivity index (χ0) is 16.4. The maximum Gasteiger partial charge on any atom is 0.255 e. The van der Waals surface area contributed by atoms with Crippen molar-refractivity contribution in [3.05, 3.63) is 40.7 Å². The fourth-order valence-corrected chi connectivity index (χ4v) is 2.68. The van der Waals surface area contributed by atoms with Gasteiger partial charge in [-0.3, -0.25) is 14.9 Å². The molecule has 3 rings (SSSR count). The molecule has 7 nitrogen and oxygen atoms in total. The van der Waals surface area contributed by atoms with Crippen LogP contribution >= 0.6 is 11.6 Å². The van der Waals surface area contributed by atoms with Crippen molar-refractivity contribution in [3.8, 4) is 0 Å². The van der Waals surface area contributed by atoms with Gasteiger partial charge in [0.05, 0.1) is 23.2 Å². The maximum atomic E-state index is 13.2. The molecule has 1 amide bonds. The van der Waals surface area contributed by atoms with Crippen LogP contribution in [0.1, 0.15) is 34.5 Å². The Kier molecular flexibility index (Phi) is 4.53. The van der Waals surface area contributed by atoms with Crippen LogP contribution in [0.2, 0.25) is 5.02 Å². The predicted molar refractivity (Wildman–Crippen MR) is 81.7 cm³/mol. The summed E-state index contributed by atoms with van der Waals surface area (Å²) in [4.78, 5) is 22.0. The minimum absolute atomic E-state index is 0.189. The number of carbonyl (C=O) groups is 1. The summed E-state index contributed by atoms with van der Waals surface area (Å²) in [7, 11) is 1.65. The van der Waals surface area contributed by atoms with E-state index in [0.29, 0.717) is 35.2 Å². The summed E-state index contributed by atoms with van der Waals surface area (Å²) in [6.07, 6.45) is 2.42. The van der Waals surface area contributed by atoms with Crippen molar-refractivity contribution < 1.29 is 9.18 Å². The van der Waals surface area contributed by atoms with Crippen LogP contribution in [-0.4, -0.2) is 50.7 Å². The van der Waals surface area contributed by atoms with Crippen molar-refractivity contribution in [2.45, 2.75) is 25.2 Å². The van der Waals surface area contributed by atoms with Gasteiger partial charge in [-0.25, -0.2) is 9.37 Å². The molecule has 0 bridgehead atoms. The smallest absolute Gasteiger partial charge is 0.255 e. The number of amides is 1. The number of nitrogens with one attached hydrogen (secondary N) is 2. The molecule has 0 spiro atoms. The topological polar surface area (TPSA) is 86.8 Å². The molecule has 1 saturated heterocycles. The number of aromatic amines is 1. The minimum Gasteiger partial charge on any atom is -0.334 e. The second-order valence-electron chi connectivity index (χ2n) is 5.45. The van der Waals surface area contributed by atoms with Gasteiger partial charge in [-0.2, -0.15) is 5.10 Å². The summed E-state index contributed by atoms with van der Waals surface area (Å²) in [6, 6.07) is 1.38. The number of nitrogens with zero attached hydrogens (tertiary/aromatic N) is 4. The molecule has 0 radical (unpaired) electrons. The summed E-state index contributed by atoms with van der Waals surface area (Å²) in [5, 5.41) is 10.2. The van der Waals surface area contributed by atoms with E-state index in [0.717, 1.165) is 0 Å². The molecular formula is C14H16ClFN6O. The normalized spacial score (nSPS) is 20.7. The lowest BCUT2D eigenvalue weighted by Gasteiger charge is -2.16. The first kappa shape index (κ1) is 15.8. The fraction of sp³-hybridized carbons (Fsp3) is 0.429. The van der Waals surface area contributed by atoms with E-state index in [4.69, 9.17) is 11.6 Å². The average Bonchev–Trinajstić information content (AvgIpc) is 3.16. The molecule has 23 heavy (non-hydrogen) atoms. The zero-order valence-corrected chi connectivity index (χ0v) is 13.2. The number of H-pyrrole nitrogens is 1. The second-order valence-corrected chi connectivity index (χ2v) is 5.86. The number of rotatable bonds is 4. The SMILES string of the molecule is CN(Cc1nc([C@H]2C[C@H](F)CN2)n[nH]1)C(=O)c1ccncc1Cl. The van der Waals surface area contributed by atoms with Gasteiger partial charge >= 0.3 is 0 Å². The van der Waals surface area contributed by atoms with E-state index in [1.54, 1.807) is 13.1 Å². The Morgan fingerprint density at radius 2 is 2.39 bits per heavy atom. The third kappa shape index (κ3) is 3.48. The molecule has 0 aliphatic carbocycles. The van der Waals surface area contributed by atoms with Gasteiger partial charge < -0.3 is 10.2 Å². The van der Waals surface area contributed by atoms with E-state index < -0.39 is 6.17 Å². The van der Waals surface area contributed by atoms with Crippen molar-refractivity contribution >= 4 is 17.5 Å². The van der Waals surface area contributed by atoms with Crippen molar-refractivity contribution in [3.63, 3.8) is 0 Å². The monoisotopic (exact) mass is 338 g/mol. The molecule has 2 aromatic heterocycles. The first-order valence-electron chi connectivity index (χ1n) is 7.18. The number of carbonyl (C=O) groups excluding carboxylic acids is 1. The standard InChI is InChI=1S/C14H16ClFN6O/c1-22(14(23)9-2-3-17-6-10(9)15)7-12-19-13(21-20-12)11-4-8(16)5-18-11/h2-3,6,8,11,18H,4-5,7H2,1H3,(H,19,20,21)/t8-,11+/m0/s1. The molecular weight excluding hydrogens is 323 g/mol. The van der Waals surface area contributed by atoms with Gasteiger partial charge in [-0.05, 0) is 6.07 Å². The van der Waals surface area contributed by atoms with Crippen LogP contribution in [0.4, 0.5) is 4.39 Å². The Morgan fingerprint density at radius 1 is 1.57 bits per heavy atom. The van der Waals surface area contributed by atoms with Gasteiger partial charge in [0, 0.05) is 32.4 Å². The van der Waals surface area contributed by atoms with Crippen LogP contribution < -0.4 is 5.32 Å². The van der Waals surface area contributed by atoms with Crippen LogP contribution in [0, 0.1) is 0 Å². The lowest BCUT2D eigenvalue weighted by molar-refractivity contribution is 0.0781. The average molecular weight is 339 g/mol. The third-order valence-electron chi connectivity index (χ3n) is 3.67. The predicted octanol–water partition coefficient (Wildman–Crippen LogP) is 1.50. The molecule has 9 heteroatoms. The van der Waals surface area contributed by atoms with E-state index in [9.17, 15) is 9.18 Å². The highest BCUT2D eigenvalue weighted by Crippen LogP contribution is 2.22. The summed E-state index contributed by atoms with van der Waals surface area (Å²) in [6.45, 7) is 0.559. The molecule has 0 unspecified atom stereocenters. The zero-order valence-electron chi connectivity index (χ0n) is 12.5. The van der Waals surface area contributed by atoms with Crippen LogP contribution in [0.5, 0.6) is 0 Å². The minimum atomic E-state index is -0.875. The van der Waals surface area contributed by atoms with E-state index in [-0.39, 0.29) is 18.5 Å². The van der Waals surface area contributed by atoms with Crippen molar-refractivity contribution in [2.75, 3.05) is 13.6 Å². The number of hydrogen-bond acceptors (Lipinski definition) is 5. The molecule has 122 valence electrons. The molecule has 2 atom stereocenters. The summed E-state index contributed by atoms with van der Waals surface area (Å²) >= 11 is 5.98. The summed E-state index contributed by atoms with van der Waals surface area (Å²) < 4.78 is 13.2. The Hall–Kier alpha value is -2.06. The molecule has 3 heterocycles. The lowest BCUT2D eigenvalue weighted by atomic mass is 10.2. The number of hydrogen-bond donors (Lipinski definition) is 2. The third-order valence-corrected chi connectivity index (χ3v) is 3.98. The molecule has 2 aromatic rings. The Morgan fingerprint density at radius 3 is 3.09 bits per heavy atom. The Labute approximate surface area is 137 Å². The second kappa shape index (κ2) is 6.59. The largest absolute Gasteiger partial charge is 0.334 e. The fourth-order valence-electron chi connectivity index (χ4n) is 2.48. The van der Waals surface area contributed by atoms with Crippen molar-refractivity contribution in [2.24, 2.45) is 0 Å². The quantitative estimate of drug-likeness (QED) is 0.882. The number of alkyl halides is 1. The van der Waals surface area contributed by atoms with Crippen LogP contribution in [0.3, 0.4) is 0 Å². The van der Waals surface area contributed by atoms with Gasteiger partial charge in [0.25, 0.3) is 5.91 Å². The Balaban J connectivity index is 1.66. The van der Waals surface area contributed by atoms with E-state index in [1.165, 1.54) is 17.3 Å². The van der Waals surface area contributed by atoms with Gasteiger partial charge in [0.1, 0.15) is 12.0 Å². The summed E-state index contributed by atoms with van der Waals surface area (Å²) in [5.74, 6) is 0.811. The molecule has 0 aromatic carbocycles. The van der Waals surface area contributed by atoms with Gasteiger partial charge in [0.2, 0.25) is 0 Å². The number of pyridine rings is 1. The number of aromatic nitrogens is 4. The molecule has 1 aliphatic heterocycles. The first-order chi connectivity index (χ1) is 11.0. The van der Waals surface area contributed by atoms with Gasteiger partial charge in [-0.1, -0.05) is 11.6 Å². The molecule has 1 aliphatic rings. The highest BCUT2D eigenvalue weighted by Gasteiger charge is 2.28. The van der Waals surface area contributed by atoms with Crippen LogP contribution in [0.15, 0.2) is 18.5 Å². The van der Waals surface area contributed by atoms with Crippen LogP contribution in [0.25, 0.3) is 0 Å². The van der Waals surface area contributed by atoms with Crippen molar-refractivity contribution in [1.29, 1.82) is 0 Å². The Bertz CT molecular complexity index is 708. The summed E-state index contributed by atoms with van der Waals surface area (Å²) in [5.41, 5.74) is 0.377. The van der Waals surface area contributed by atoms with E-state index in [2.05, 4.69) is 25.5 Å². The van der Waals surface area contributed by atoms with Crippen LogP contribution in [-0.2, 0) is 6.54 Å². The van der Waals surface area contributed by atoms with Gasteiger partial charge in [-0.15, -0.1) is 0 Å².